The fourth-order valence-electron chi connectivity index (χ4n) is 1.34. The molecule has 0 spiro atoms. The zero-order chi connectivity index (χ0) is 11.4. The monoisotopic (exact) mass is 204 g/mol. The van der Waals surface area contributed by atoms with Gasteiger partial charge in [-0.05, 0) is 49.2 Å². The molecule has 0 bridgehead atoms. The van der Waals surface area contributed by atoms with Crippen molar-refractivity contribution in [1.29, 1.82) is 5.41 Å². The molecule has 0 atom stereocenters. The maximum Gasteiger partial charge on any atom is 0.118 e. The summed E-state index contributed by atoms with van der Waals surface area (Å²) >= 11 is 0. The maximum atomic E-state index is 9.40. The van der Waals surface area contributed by atoms with Gasteiger partial charge < -0.3 is 15.8 Å². The molecule has 0 saturated carbocycles. The summed E-state index contributed by atoms with van der Waals surface area (Å²) in [6.07, 6.45) is 1.76. The van der Waals surface area contributed by atoms with Crippen molar-refractivity contribution in [2.75, 3.05) is 7.05 Å². The highest BCUT2D eigenvalue weighted by Gasteiger charge is 2.02. The van der Waals surface area contributed by atoms with Gasteiger partial charge in [0.15, 0.2) is 0 Å². The average molecular weight is 204 g/mol. The van der Waals surface area contributed by atoms with E-state index in [9.17, 15) is 5.11 Å². The minimum absolute atomic E-state index is 0.292. The zero-order valence-corrected chi connectivity index (χ0v) is 9.26. The Labute approximate surface area is 90.0 Å². The normalized spacial score (nSPS) is 11.3. The standard InChI is InChI=1S/C12H16N2O/c1-8-6-10(4-5-12(8)15)11(14-3)7-9(2)13/h4-7,13-15H,1-3H3/b11-7-,13-9?. The molecule has 3 N–H and O–H groups in total. The Balaban J connectivity index is 3.14. The van der Waals surface area contributed by atoms with Crippen LogP contribution in [0, 0.1) is 12.3 Å². The van der Waals surface area contributed by atoms with Crippen LogP contribution in [0.1, 0.15) is 18.1 Å². The average Bonchev–Trinajstić information content (AvgIpc) is 2.18. The summed E-state index contributed by atoms with van der Waals surface area (Å²) in [7, 11) is 1.82. The molecule has 0 saturated heterocycles. The molecule has 0 radical (unpaired) electrons. The summed E-state index contributed by atoms with van der Waals surface area (Å²) in [6.45, 7) is 3.58. The van der Waals surface area contributed by atoms with Gasteiger partial charge in [-0.15, -0.1) is 0 Å². The lowest BCUT2D eigenvalue weighted by molar-refractivity contribution is 0.471. The molecule has 80 valence electrons. The van der Waals surface area contributed by atoms with Gasteiger partial charge in [-0.2, -0.15) is 0 Å². The summed E-state index contributed by atoms with van der Waals surface area (Å²) in [5, 5.41) is 19.8. The van der Waals surface area contributed by atoms with Crippen LogP contribution < -0.4 is 5.32 Å². The highest BCUT2D eigenvalue weighted by Crippen LogP contribution is 2.20. The molecule has 0 amide bonds. The number of benzene rings is 1. The Hall–Kier alpha value is -1.77. The van der Waals surface area contributed by atoms with Crippen LogP contribution in [0.25, 0.3) is 5.70 Å². The fraction of sp³-hybridized carbons (Fsp3) is 0.250. The van der Waals surface area contributed by atoms with Crippen LogP contribution in [0.15, 0.2) is 24.3 Å². The Morgan fingerprint density at radius 2 is 2.13 bits per heavy atom. The van der Waals surface area contributed by atoms with E-state index in [-0.39, 0.29) is 0 Å². The third kappa shape index (κ3) is 2.84. The van der Waals surface area contributed by atoms with Crippen molar-refractivity contribution in [3.8, 4) is 5.75 Å². The predicted molar refractivity (Wildman–Crippen MR) is 63.3 cm³/mol. The van der Waals surface area contributed by atoms with Gasteiger partial charge in [0.2, 0.25) is 0 Å². The number of aromatic hydroxyl groups is 1. The fourth-order valence-corrected chi connectivity index (χ4v) is 1.34. The van der Waals surface area contributed by atoms with E-state index in [1.54, 1.807) is 19.1 Å². The Bertz CT molecular complexity index is 408. The maximum absolute atomic E-state index is 9.40. The molecule has 0 aromatic heterocycles. The number of phenols is 1. The van der Waals surface area contributed by atoms with Crippen molar-refractivity contribution in [3.05, 3.63) is 35.4 Å². The highest BCUT2D eigenvalue weighted by molar-refractivity contribution is 5.96. The van der Waals surface area contributed by atoms with E-state index >= 15 is 0 Å². The molecule has 3 heteroatoms. The summed E-state index contributed by atoms with van der Waals surface area (Å²) in [6, 6.07) is 5.38. The molecule has 0 aliphatic rings. The van der Waals surface area contributed by atoms with Gasteiger partial charge in [-0.1, -0.05) is 0 Å². The van der Waals surface area contributed by atoms with Crippen LogP contribution in [0.3, 0.4) is 0 Å². The molecule has 0 heterocycles. The molecule has 0 unspecified atom stereocenters. The largest absolute Gasteiger partial charge is 0.508 e. The SMILES string of the molecule is CN/C(=C\C(C)=N)c1ccc(O)c(C)c1. The molecule has 3 nitrogen and oxygen atoms in total. The zero-order valence-electron chi connectivity index (χ0n) is 9.26. The van der Waals surface area contributed by atoms with Crippen molar-refractivity contribution in [2.45, 2.75) is 13.8 Å². The second-order valence-corrected chi connectivity index (χ2v) is 3.49. The van der Waals surface area contributed by atoms with E-state index in [0.717, 1.165) is 16.8 Å². The van der Waals surface area contributed by atoms with Crippen molar-refractivity contribution < 1.29 is 5.11 Å². The lowest BCUT2D eigenvalue weighted by atomic mass is 10.1. The second-order valence-electron chi connectivity index (χ2n) is 3.49. The molecule has 15 heavy (non-hydrogen) atoms. The summed E-state index contributed by atoms with van der Waals surface area (Å²) in [5.41, 5.74) is 3.17. The summed E-state index contributed by atoms with van der Waals surface area (Å²) < 4.78 is 0. The lowest BCUT2D eigenvalue weighted by Gasteiger charge is -2.08. The van der Waals surface area contributed by atoms with Crippen molar-refractivity contribution in [1.82, 2.24) is 5.32 Å². The summed E-state index contributed by atoms with van der Waals surface area (Å²) in [4.78, 5) is 0. The third-order valence-corrected chi connectivity index (χ3v) is 2.14. The van der Waals surface area contributed by atoms with E-state index in [0.29, 0.717) is 11.5 Å². The van der Waals surface area contributed by atoms with Crippen LogP contribution in [0.4, 0.5) is 0 Å². The molecule has 0 fully saturated rings. The minimum Gasteiger partial charge on any atom is -0.508 e. The number of allylic oxidation sites excluding steroid dienone is 1. The van der Waals surface area contributed by atoms with E-state index in [1.165, 1.54) is 0 Å². The molecule has 1 rings (SSSR count). The van der Waals surface area contributed by atoms with E-state index in [1.807, 2.05) is 26.1 Å². The number of aryl methyl sites for hydroxylation is 1. The van der Waals surface area contributed by atoms with Gasteiger partial charge in [-0.3, -0.25) is 0 Å². The minimum atomic E-state index is 0.292. The van der Waals surface area contributed by atoms with Crippen LogP contribution in [-0.2, 0) is 0 Å². The van der Waals surface area contributed by atoms with Crippen molar-refractivity contribution >= 4 is 11.4 Å². The first kappa shape index (κ1) is 11.3. The number of hydrogen-bond donors (Lipinski definition) is 3. The molecular formula is C12H16N2O. The van der Waals surface area contributed by atoms with Gasteiger partial charge >= 0.3 is 0 Å². The van der Waals surface area contributed by atoms with Crippen LogP contribution >= 0.6 is 0 Å². The number of phenolic OH excluding ortho intramolecular Hbond substituents is 1. The quantitative estimate of drug-likeness (QED) is 0.662. The third-order valence-electron chi connectivity index (χ3n) is 2.14. The number of nitrogens with one attached hydrogen (secondary N) is 2. The first-order valence-electron chi connectivity index (χ1n) is 4.79. The summed E-state index contributed by atoms with van der Waals surface area (Å²) in [5.74, 6) is 0.292. The van der Waals surface area contributed by atoms with Crippen LogP contribution in [-0.4, -0.2) is 17.9 Å². The highest BCUT2D eigenvalue weighted by atomic mass is 16.3. The van der Waals surface area contributed by atoms with Gasteiger partial charge in [-0.25, -0.2) is 0 Å². The van der Waals surface area contributed by atoms with E-state index < -0.39 is 0 Å². The van der Waals surface area contributed by atoms with Gasteiger partial charge in [0.25, 0.3) is 0 Å². The Kier molecular flexibility index (Phi) is 3.50. The molecule has 0 aliphatic heterocycles. The predicted octanol–water partition coefficient (Wildman–Crippen LogP) is 2.30. The molecular weight excluding hydrogens is 188 g/mol. The molecule has 0 aliphatic carbocycles. The smallest absolute Gasteiger partial charge is 0.118 e. The van der Waals surface area contributed by atoms with Gasteiger partial charge in [0.1, 0.15) is 5.75 Å². The first-order valence-corrected chi connectivity index (χ1v) is 4.79. The van der Waals surface area contributed by atoms with Crippen molar-refractivity contribution in [3.63, 3.8) is 0 Å². The second kappa shape index (κ2) is 4.64. The molecule has 1 aromatic carbocycles. The first-order chi connectivity index (χ1) is 7.04. The molecule has 1 aromatic rings. The van der Waals surface area contributed by atoms with Gasteiger partial charge in [0, 0.05) is 18.5 Å². The van der Waals surface area contributed by atoms with Crippen LogP contribution in [0.5, 0.6) is 5.75 Å². The topological polar surface area (TPSA) is 56.1 Å². The number of rotatable bonds is 3. The van der Waals surface area contributed by atoms with E-state index in [2.05, 4.69) is 5.32 Å². The number of hydrogen-bond acceptors (Lipinski definition) is 3. The Morgan fingerprint density at radius 1 is 1.47 bits per heavy atom. The Morgan fingerprint density at radius 3 is 2.60 bits per heavy atom. The van der Waals surface area contributed by atoms with E-state index in [4.69, 9.17) is 5.41 Å². The van der Waals surface area contributed by atoms with Gasteiger partial charge in [0.05, 0.1) is 0 Å². The van der Waals surface area contributed by atoms with Crippen LogP contribution in [0.2, 0.25) is 0 Å². The van der Waals surface area contributed by atoms with Crippen molar-refractivity contribution in [2.24, 2.45) is 0 Å². The lowest BCUT2D eigenvalue weighted by Crippen LogP contribution is -2.06.